The molecule has 2 aromatic carbocycles. The van der Waals surface area contributed by atoms with Crippen LogP contribution in [0, 0.1) is 6.92 Å². The number of Topliss-reactive ketones (excluding diaryl/α,β-unsaturated/α-hetero) is 1. The average molecular weight is 367 g/mol. The molecule has 0 saturated heterocycles. The summed E-state index contributed by atoms with van der Waals surface area (Å²) in [6.07, 6.45) is 0.0256. The Bertz CT molecular complexity index is 919. The van der Waals surface area contributed by atoms with Crippen LogP contribution in [-0.2, 0) is 20.7 Å². The number of hydrogen-bond acceptors (Lipinski definition) is 5. The zero-order chi connectivity index (χ0) is 19.6. The van der Waals surface area contributed by atoms with Crippen molar-refractivity contribution in [2.24, 2.45) is 0 Å². The van der Waals surface area contributed by atoms with Gasteiger partial charge in [-0.15, -0.1) is 0 Å². The summed E-state index contributed by atoms with van der Waals surface area (Å²) in [7, 11) is 1.54. The van der Waals surface area contributed by atoms with Crippen molar-refractivity contribution < 1.29 is 23.9 Å². The lowest BCUT2D eigenvalue weighted by Crippen LogP contribution is -2.16. The monoisotopic (exact) mass is 367 g/mol. The molecule has 0 spiro atoms. The van der Waals surface area contributed by atoms with Gasteiger partial charge in [0.05, 0.1) is 19.4 Å². The van der Waals surface area contributed by atoms with Crippen molar-refractivity contribution in [3.8, 4) is 5.75 Å². The Morgan fingerprint density at radius 2 is 1.93 bits per heavy atom. The van der Waals surface area contributed by atoms with Gasteiger partial charge in [0, 0.05) is 16.8 Å². The molecule has 3 rings (SSSR count). The van der Waals surface area contributed by atoms with Gasteiger partial charge in [0.25, 0.3) is 0 Å². The molecule has 27 heavy (non-hydrogen) atoms. The number of aryl methyl sites for hydroxylation is 1. The maximum atomic E-state index is 12.4. The molecule has 0 aromatic heterocycles. The first kappa shape index (κ1) is 18.6. The zero-order valence-corrected chi connectivity index (χ0v) is 15.5. The van der Waals surface area contributed by atoms with Gasteiger partial charge in [-0.05, 0) is 43.7 Å². The van der Waals surface area contributed by atoms with Crippen molar-refractivity contribution in [3.63, 3.8) is 0 Å². The molecule has 1 heterocycles. The fourth-order valence-electron chi connectivity index (χ4n) is 3.07. The Balaban J connectivity index is 1.62. The molecule has 6 nitrogen and oxygen atoms in total. The Morgan fingerprint density at radius 3 is 2.67 bits per heavy atom. The number of nitrogens with one attached hydrogen (secondary N) is 1. The van der Waals surface area contributed by atoms with E-state index in [0.29, 0.717) is 22.6 Å². The lowest BCUT2D eigenvalue weighted by molar-refractivity contribution is -0.141. The number of amides is 1. The third-order valence-corrected chi connectivity index (χ3v) is 4.63. The number of anilines is 1. The van der Waals surface area contributed by atoms with Crippen molar-refractivity contribution in [1.82, 2.24) is 0 Å². The molecule has 0 saturated carbocycles. The van der Waals surface area contributed by atoms with Crippen LogP contribution in [-0.4, -0.2) is 31.4 Å². The second-order valence-corrected chi connectivity index (χ2v) is 6.59. The minimum Gasteiger partial charge on any atom is -0.496 e. The van der Waals surface area contributed by atoms with E-state index in [9.17, 15) is 14.4 Å². The van der Waals surface area contributed by atoms with Crippen LogP contribution >= 0.6 is 0 Å². The summed E-state index contributed by atoms with van der Waals surface area (Å²) in [5.41, 5.74) is 3.63. The molecular formula is C21H21NO5. The number of esters is 1. The van der Waals surface area contributed by atoms with Crippen LogP contribution < -0.4 is 10.1 Å². The van der Waals surface area contributed by atoms with Gasteiger partial charge in [-0.25, -0.2) is 0 Å². The number of ether oxygens (including phenoxy) is 2. The number of carbonyl (C=O) groups is 3. The largest absolute Gasteiger partial charge is 0.496 e. The second-order valence-electron chi connectivity index (χ2n) is 6.59. The van der Waals surface area contributed by atoms with Gasteiger partial charge in [0.2, 0.25) is 5.91 Å². The van der Waals surface area contributed by atoms with E-state index in [4.69, 9.17) is 9.47 Å². The van der Waals surface area contributed by atoms with Crippen LogP contribution in [0.3, 0.4) is 0 Å². The Kier molecular flexibility index (Phi) is 5.26. The van der Waals surface area contributed by atoms with Gasteiger partial charge in [0.1, 0.15) is 5.75 Å². The van der Waals surface area contributed by atoms with Crippen molar-refractivity contribution in [3.05, 3.63) is 58.7 Å². The molecule has 0 unspecified atom stereocenters. The van der Waals surface area contributed by atoms with E-state index in [1.165, 1.54) is 7.11 Å². The molecular weight excluding hydrogens is 346 g/mol. The summed E-state index contributed by atoms with van der Waals surface area (Å²) >= 11 is 0. The molecule has 0 aliphatic carbocycles. The molecule has 0 radical (unpaired) electrons. The first-order valence-corrected chi connectivity index (χ1v) is 8.66. The molecule has 2 aromatic rings. The first-order valence-electron chi connectivity index (χ1n) is 8.66. The molecule has 140 valence electrons. The predicted molar refractivity (Wildman–Crippen MR) is 100 cm³/mol. The Labute approximate surface area is 157 Å². The third kappa shape index (κ3) is 4.00. The minimum atomic E-state index is -0.501. The van der Waals surface area contributed by atoms with Crippen LogP contribution in [0.2, 0.25) is 0 Å². The van der Waals surface area contributed by atoms with Crippen LogP contribution in [0.15, 0.2) is 36.4 Å². The van der Waals surface area contributed by atoms with Crippen LogP contribution in [0.5, 0.6) is 5.75 Å². The molecule has 1 amide bonds. The second kappa shape index (κ2) is 7.61. The van der Waals surface area contributed by atoms with Gasteiger partial charge in [-0.2, -0.15) is 0 Å². The maximum absolute atomic E-state index is 12.4. The summed E-state index contributed by atoms with van der Waals surface area (Å²) in [4.78, 5) is 36.2. The van der Waals surface area contributed by atoms with Crippen molar-refractivity contribution in [2.45, 2.75) is 26.2 Å². The van der Waals surface area contributed by atoms with Crippen molar-refractivity contribution in [2.75, 3.05) is 19.0 Å². The van der Waals surface area contributed by atoms with Crippen LogP contribution in [0.25, 0.3) is 0 Å². The third-order valence-electron chi connectivity index (χ3n) is 4.63. The van der Waals surface area contributed by atoms with Crippen molar-refractivity contribution >= 4 is 23.3 Å². The quantitative estimate of drug-likeness (QED) is 0.627. The highest BCUT2D eigenvalue weighted by atomic mass is 16.5. The fraction of sp³-hybridized carbons (Fsp3) is 0.286. The van der Waals surface area contributed by atoms with E-state index < -0.39 is 5.97 Å². The normalized spacial score (nSPS) is 15.1. The smallest absolute Gasteiger partial charge is 0.310 e. The summed E-state index contributed by atoms with van der Waals surface area (Å²) < 4.78 is 10.4. The van der Waals surface area contributed by atoms with E-state index in [1.807, 2.05) is 19.1 Å². The summed E-state index contributed by atoms with van der Waals surface area (Å²) in [6.45, 7) is 3.36. The zero-order valence-electron chi connectivity index (χ0n) is 15.5. The van der Waals surface area contributed by atoms with Crippen LogP contribution in [0.1, 0.15) is 39.9 Å². The summed E-state index contributed by atoms with van der Waals surface area (Å²) in [6, 6.07) is 10.5. The number of ketones is 1. The maximum Gasteiger partial charge on any atom is 0.310 e. The molecule has 0 fully saturated rings. The lowest BCUT2D eigenvalue weighted by Gasteiger charge is -2.10. The average Bonchev–Trinajstić information content (AvgIpc) is 2.93. The number of methoxy groups -OCH3 is 1. The molecule has 1 atom stereocenters. The van der Waals surface area contributed by atoms with Gasteiger partial charge >= 0.3 is 5.97 Å². The summed E-state index contributed by atoms with van der Waals surface area (Å²) in [5.74, 6) is -0.599. The molecule has 1 aliphatic heterocycles. The fourth-order valence-corrected chi connectivity index (χ4v) is 3.07. The number of hydrogen-bond donors (Lipinski definition) is 1. The van der Waals surface area contributed by atoms with E-state index >= 15 is 0 Å². The van der Waals surface area contributed by atoms with E-state index in [1.54, 1.807) is 31.2 Å². The first-order chi connectivity index (χ1) is 12.9. The number of fused-ring (bicyclic) bond motifs is 1. The molecule has 6 heteroatoms. The molecule has 1 aliphatic rings. The predicted octanol–water partition coefficient (Wildman–Crippen LogP) is 3.03. The van der Waals surface area contributed by atoms with E-state index in [-0.39, 0.29) is 30.6 Å². The van der Waals surface area contributed by atoms with Gasteiger partial charge in [-0.3, -0.25) is 14.4 Å². The van der Waals surface area contributed by atoms with Crippen LogP contribution in [0.4, 0.5) is 5.69 Å². The molecule has 0 bridgehead atoms. The number of carbonyl (C=O) groups excluding carboxylic acids is 3. The topological polar surface area (TPSA) is 81.7 Å². The Morgan fingerprint density at radius 1 is 1.15 bits per heavy atom. The SMILES string of the molecule is COc1ccc(C)cc1CC(=O)OCC(=O)c1ccc2c(c1)[C@@H](C)C(=O)N2. The highest BCUT2D eigenvalue weighted by Gasteiger charge is 2.27. The van der Waals surface area contributed by atoms with E-state index in [0.717, 1.165) is 11.1 Å². The highest BCUT2D eigenvalue weighted by Crippen LogP contribution is 2.32. The minimum absolute atomic E-state index is 0.0256. The van der Waals surface area contributed by atoms with Gasteiger partial charge < -0.3 is 14.8 Å². The highest BCUT2D eigenvalue weighted by molar-refractivity contribution is 6.05. The standard InChI is InChI=1S/C21H21NO5/c1-12-4-7-19(26-3)15(8-12)10-20(24)27-11-18(23)14-5-6-17-16(9-14)13(2)21(25)22-17/h4-9,13H,10-11H2,1-3H3,(H,22,25)/t13-/m1/s1. The lowest BCUT2D eigenvalue weighted by atomic mass is 9.99. The van der Waals surface area contributed by atoms with Crippen molar-refractivity contribution in [1.29, 1.82) is 0 Å². The van der Waals surface area contributed by atoms with Gasteiger partial charge in [0.15, 0.2) is 12.4 Å². The molecule has 1 N–H and O–H groups in total. The Hall–Kier alpha value is -3.15. The summed E-state index contributed by atoms with van der Waals surface area (Å²) in [5, 5.41) is 2.76. The number of rotatable bonds is 6. The van der Waals surface area contributed by atoms with Gasteiger partial charge in [-0.1, -0.05) is 17.7 Å². The number of benzene rings is 2. The van der Waals surface area contributed by atoms with E-state index in [2.05, 4.69) is 5.32 Å².